The van der Waals surface area contributed by atoms with Crippen molar-refractivity contribution in [3.63, 3.8) is 0 Å². The van der Waals surface area contributed by atoms with Crippen molar-refractivity contribution in [3.8, 4) is 17.2 Å². The highest BCUT2D eigenvalue weighted by Gasteiger charge is 2.52. The summed E-state index contributed by atoms with van der Waals surface area (Å²) in [5, 5.41) is 0. The van der Waals surface area contributed by atoms with Crippen molar-refractivity contribution < 1.29 is 42.9 Å². The average Bonchev–Trinajstić information content (AvgIpc) is 3.22. The molecule has 3 aliphatic heterocycles. The van der Waals surface area contributed by atoms with Crippen molar-refractivity contribution in [2.45, 2.75) is 58.9 Å². The molecule has 0 unspecified atom stereocenters. The summed E-state index contributed by atoms with van der Waals surface area (Å²) in [6.07, 6.45) is -0.0247. The second-order valence-electron chi connectivity index (χ2n) is 10.1. The average molecular weight is 537 g/mol. The van der Waals surface area contributed by atoms with E-state index in [2.05, 4.69) is 0 Å². The second-order valence-corrected chi connectivity index (χ2v) is 10.1. The van der Waals surface area contributed by atoms with Crippen molar-refractivity contribution in [2.75, 3.05) is 13.2 Å². The van der Waals surface area contributed by atoms with Crippen LogP contribution in [0.25, 0.3) is 0 Å². The van der Waals surface area contributed by atoms with Crippen LogP contribution in [0.3, 0.4) is 0 Å². The molecule has 2 aromatic rings. The van der Waals surface area contributed by atoms with Crippen molar-refractivity contribution in [1.29, 1.82) is 0 Å². The van der Waals surface area contributed by atoms with Crippen LogP contribution in [-0.4, -0.2) is 64.4 Å². The largest absolute Gasteiger partial charge is 0.460 e. The second kappa shape index (κ2) is 9.40. The van der Waals surface area contributed by atoms with Gasteiger partial charge in [0, 0.05) is 50.8 Å². The topological polar surface area (TPSA) is 129 Å². The number of rotatable bonds is 4. The number of carbonyl (C=O) groups excluding carboxylic acids is 5. The smallest absolute Gasteiger partial charge is 0.338 e. The van der Waals surface area contributed by atoms with Crippen LogP contribution in [-0.2, 0) is 30.3 Å². The van der Waals surface area contributed by atoms with Crippen LogP contribution in [0.4, 0.5) is 0 Å². The zero-order valence-electron chi connectivity index (χ0n) is 22.2. The van der Waals surface area contributed by atoms with E-state index in [1.165, 1.54) is 18.7 Å². The summed E-state index contributed by atoms with van der Waals surface area (Å²) in [5.74, 6) is -3.08. The minimum Gasteiger partial charge on any atom is -0.460 e. The molecule has 1 saturated heterocycles. The first-order valence-electron chi connectivity index (χ1n) is 12.5. The van der Waals surface area contributed by atoms with E-state index < -0.39 is 54.1 Å². The van der Waals surface area contributed by atoms with Crippen molar-refractivity contribution >= 4 is 29.7 Å². The molecule has 39 heavy (non-hydrogen) atoms. The monoisotopic (exact) mass is 536 g/mol. The lowest BCUT2D eigenvalue weighted by molar-refractivity contribution is -0.165. The lowest BCUT2D eigenvalue weighted by Gasteiger charge is -2.47. The first-order valence-corrected chi connectivity index (χ1v) is 12.5. The molecule has 204 valence electrons. The van der Waals surface area contributed by atoms with Gasteiger partial charge in [0.2, 0.25) is 17.6 Å². The number of hydrogen-bond donors (Lipinski definition) is 0. The lowest BCUT2D eigenvalue weighted by Crippen LogP contribution is -2.64. The molecular formula is C28H28N2O9. The molecule has 3 amide bonds. The van der Waals surface area contributed by atoms with E-state index in [1.54, 1.807) is 51.1 Å². The number of imide groups is 1. The maximum atomic E-state index is 13.5. The van der Waals surface area contributed by atoms with Gasteiger partial charge < -0.3 is 23.8 Å². The SMILES string of the molecule is CC(=O)Oc1c(C)c2c(c3c1[C@@H](COC(=O)c1ccccc1)N1C(=O)CN(C(C)=O)C(=O)[C@H]1C3)OC(C)(C)O2. The summed E-state index contributed by atoms with van der Waals surface area (Å²) >= 11 is 0. The van der Waals surface area contributed by atoms with Gasteiger partial charge in [-0.2, -0.15) is 0 Å². The highest BCUT2D eigenvalue weighted by atomic mass is 16.7. The third-order valence-electron chi connectivity index (χ3n) is 6.97. The maximum Gasteiger partial charge on any atom is 0.338 e. The first kappa shape index (κ1) is 26.2. The zero-order chi connectivity index (χ0) is 28.2. The summed E-state index contributed by atoms with van der Waals surface area (Å²) in [7, 11) is 0. The molecule has 11 heteroatoms. The highest BCUT2D eigenvalue weighted by molar-refractivity contribution is 6.05. The molecule has 2 atom stereocenters. The Morgan fingerprint density at radius 3 is 2.36 bits per heavy atom. The fraction of sp³-hybridized carbons (Fsp3) is 0.393. The number of ether oxygens (including phenoxy) is 4. The van der Waals surface area contributed by atoms with E-state index in [9.17, 15) is 24.0 Å². The number of fused-ring (bicyclic) bond motifs is 4. The summed E-state index contributed by atoms with van der Waals surface area (Å²) in [6, 6.07) is 6.24. The van der Waals surface area contributed by atoms with Crippen molar-refractivity contribution in [2.24, 2.45) is 0 Å². The Kier molecular flexibility index (Phi) is 6.32. The molecule has 0 aromatic heterocycles. The number of nitrogens with zero attached hydrogens (tertiary/aromatic N) is 2. The Morgan fingerprint density at radius 1 is 1.05 bits per heavy atom. The van der Waals surface area contributed by atoms with Crippen LogP contribution < -0.4 is 14.2 Å². The van der Waals surface area contributed by atoms with E-state index in [0.29, 0.717) is 33.8 Å². The van der Waals surface area contributed by atoms with Gasteiger partial charge in [0.25, 0.3) is 5.91 Å². The molecule has 0 radical (unpaired) electrons. The molecule has 0 spiro atoms. The van der Waals surface area contributed by atoms with Gasteiger partial charge in [-0.15, -0.1) is 0 Å². The number of carbonyl (C=O) groups is 5. The van der Waals surface area contributed by atoms with Gasteiger partial charge in [-0.25, -0.2) is 4.79 Å². The third-order valence-corrected chi connectivity index (χ3v) is 6.97. The van der Waals surface area contributed by atoms with Gasteiger partial charge in [0.15, 0.2) is 11.5 Å². The molecule has 0 aliphatic carbocycles. The van der Waals surface area contributed by atoms with Crippen LogP contribution in [0.15, 0.2) is 30.3 Å². The predicted octanol–water partition coefficient (Wildman–Crippen LogP) is 2.47. The number of hydrogen-bond acceptors (Lipinski definition) is 9. The third kappa shape index (κ3) is 4.47. The minimum atomic E-state index is -1.08. The van der Waals surface area contributed by atoms with Gasteiger partial charge in [-0.3, -0.25) is 24.1 Å². The van der Waals surface area contributed by atoms with Gasteiger partial charge >= 0.3 is 11.9 Å². The molecule has 1 fully saturated rings. The van der Waals surface area contributed by atoms with Gasteiger partial charge in [-0.05, 0) is 19.1 Å². The quantitative estimate of drug-likeness (QED) is 0.427. The zero-order valence-corrected chi connectivity index (χ0v) is 22.2. The van der Waals surface area contributed by atoms with E-state index >= 15 is 0 Å². The van der Waals surface area contributed by atoms with Crippen molar-refractivity contribution in [3.05, 3.63) is 52.6 Å². The standard InChI is InChI=1S/C28H28N2O9/c1-14-23(37-16(3)32)22-18(25-24(14)38-28(4,5)39-25)11-19-26(34)29(15(2)31)12-21(33)30(19)20(22)13-36-27(35)17-9-7-6-8-10-17/h6-10,19-20H,11-13H2,1-5H3/t19-,20-/m1/s1. The molecule has 3 aliphatic rings. The number of amides is 3. The molecule has 3 heterocycles. The highest BCUT2D eigenvalue weighted by Crippen LogP contribution is 2.55. The van der Waals surface area contributed by atoms with Crippen LogP contribution >= 0.6 is 0 Å². The predicted molar refractivity (Wildman–Crippen MR) is 134 cm³/mol. The van der Waals surface area contributed by atoms with Crippen LogP contribution in [0.2, 0.25) is 0 Å². The number of piperazine rings is 1. The fourth-order valence-electron chi connectivity index (χ4n) is 5.36. The number of esters is 2. The molecule has 5 rings (SSSR count). The van der Waals surface area contributed by atoms with E-state index in [0.717, 1.165) is 4.90 Å². The van der Waals surface area contributed by atoms with Gasteiger partial charge in [0.05, 0.1) is 11.6 Å². The summed E-state index contributed by atoms with van der Waals surface area (Å²) < 4.78 is 23.5. The first-order chi connectivity index (χ1) is 18.4. The van der Waals surface area contributed by atoms with Gasteiger partial charge in [-0.1, -0.05) is 18.2 Å². The Morgan fingerprint density at radius 2 is 1.72 bits per heavy atom. The molecule has 0 N–H and O–H groups in total. The molecule has 2 aromatic carbocycles. The fourth-order valence-corrected chi connectivity index (χ4v) is 5.36. The molecule has 11 nitrogen and oxygen atoms in total. The minimum absolute atomic E-state index is 0.0247. The van der Waals surface area contributed by atoms with Gasteiger partial charge in [0.1, 0.15) is 24.9 Å². The van der Waals surface area contributed by atoms with E-state index in [4.69, 9.17) is 18.9 Å². The molecule has 0 bridgehead atoms. The lowest BCUT2D eigenvalue weighted by atomic mass is 9.83. The molecule has 0 saturated carbocycles. The summed E-state index contributed by atoms with van der Waals surface area (Å²) in [5.41, 5.74) is 1.63. The summed E-state index contributed by atoms with van der Waals surface area (Å²) in [6.45, 7) is 6.79. The molecular weight excluding hydrogens is 508 g/mol. The normalized spacial score (nSPS) is 20.7. The Balaban J connectivity index is 1.67. The Hall–Kier alpha value is -4.41. The Bertz CT molecular complexity index is 1420. The van der Waals surface area contributed by atoms with Crippen LogP contribution in [0.5, 0.6) is 17.2 Å². The van der Waals surface area contributed by atoms with E-state index in [1.807, 2.05) is 0 Å². The van der Waals surface area contributed by atoms with Crippen LogP contribution in [0, 0.1) is 6.92 Å². The van der Waals surface area contributed by atoms with E-state index in [-0.39, 0.29) is 18.8 Å². The summed E-state index contributed by atoms with van der Waals surface area (Å²) in [4.78, 5) is 66.4. The number of benzene rings is 2. The van der Waals surface area contributed by atoms with Crippen molar-refractivity contribution in [1.82, 2.24) is 9.80 Å². The van der Waals surface area contributed by atoms with Crippen LogP contribution in [0.1, 0.15) is 60.8 Å². The maximum absolute atomic E-state index is 13.5. The Labute approximate surface area is 224 Å².